The number of aromatic amines is 1. The van der Waals surface area contributed by atoms with E-state index in [-0.39, 0.29) is 9.79 Å². The maximum Gasteiger partial charge on any atom is 0.207 e. The van der Waals surface area contributed by atoms with E-state index >= 15 is 0 Å². The first kappa shape index (κ1) is 11.0. The molecular weight excluding hydrogens is 248 g/mol. The SMILES string of the molecule is O=S(=O)(c1ccccc1)c1cccc2[nH]n[c]c12. The van der Waals surface area contributed by atoms with E-state index in [1.165, 1.54) is 0 Å². The van der Waals surface area contributed by atoms with Gasteiger partial charge in [-0.1, -0.05) is 24.3 Å². The number of nitrogens with one attached hydrogen (secondary N) is 1. The topological polar surface area (TPSA) is 62.8 Å². The van der Waals surface area contributed by atoms with Gasteiger partial charge in [0.1, 0.15) is 6.20 Å². The van der Waals surface area contributed by atoms with Crippen LogP contribution >= 0.6 is 0 Å². The monoisotopic (exact) mass is 257 g/mol. The molecule has 18 heavy (non-hydrogen) atoms. The fraction of sp³-hybridized carbons (Fsp3) is 0. The number of nitrogens with zero attached hydrogens (tertiary/aromatic N) is 1. The highest BCUT2D eigenvalue weighted by molar-refractivity contribution is 7.91. The third kappa shape index (κ3) is 1.60. The summed E-state index contributed by atoms with van der Waals surface area (Å²) in [6.45, 7) is 0. The van der Waals surface area contributed by atoms with Crippen molar-refractivity contribution < 1.29 is 8.42 Å². The van der Waals surface area contributed by atoms with E-state index in [2.05, 4.69) is 16.4 Å². The first-order chi connectivity index (χ1) is 8.69. The van der Waals surface area contributed by atoms with Gasteiger partial charge in [0, 0.05) is 5.39 Å². The molecule has 1 aromatic heterocycles. The van der Waals surface area contributed by atoms with Crippen LogP contribution in [0.5, 0.6) is 0 Å². The Bertz CT molecular complexity index is 792. The van der Waals surface area contributed by atoms with Gasteiger partial charge in [0.15, 0.2) is 0 Å². The zero-order valence-corrected chi connectivity index (χ0v) is 10.1. The van der Waals surface area contributed by atoms with Crippen molar-refractivity contribution >= 4 is 20.7 Å². The summed E-state index contributed by atoms with van der Waals surface area (Å²) < 4.78 is 25.0. The highest BCUT2D eigenvalue weighted by atomic mass is 32.2. The Kier molecular flexibility index (Phi) is 2.41. The van der Waals surface area contributed by atoms with E-state index in [9.17, 15) is 8.42 Å². The van der Waals surface area contributed by atoms with E-state index in [0.717, 1.165) is 0 Å². The minimum Gasteiger partial charge on any atom is -0.277 e. The Hall–Kier alpha value is -2.14. The Morgan fingerprint density at radius 1 is 1.00 bits per heavy atom. The van der Waals surface area contributed by atoms with Crippen LogP contribution in [0.1, 0.15) is 0 Å². The first-order valence-corrected chi connectivity index (χ1v) is 6.83. The molecule has 0 aliphatic carbocycles. The molecule has 0 unspecified atom stereocenters. The predicted octanol–water partition coefficient (Wildman–Crippen LogP) is 2.20. The predicted molar refractivity (Wildman–Crippen MR) is 66.8 cm³/mol. The highest BCUT2D eigenvalue weighted by Crippen LogP contribution is 2.26. The minimum atomic E-state index is -3.53. The molecule has 3 aromatic rings. The molecule has 0 atom stereocenters. The zero-order valence-electron chi connectivity index (χ0n) is 9.29. The lowest BCUT2D eigenvalue weighted by Crippen LogP contribution is -2.02. The Labute approximate surface area is 104 Å². The van der Waals surface area contributed by atoms with Crippen molar-refractivity contribution in [2.45, 2.75) is 9.79 Å². The van der Waals surface area contributed by atoms with E-state index in [1.54, 1.807) is 48.5 Å². The smallest absolute Gasteiger partial charge is 0.207 e. The number of hydrogen-bond acceptors (Lipinski definition) is 3. The maximum absolute atomic E-state index is 12.5. The molecule has 1 radical (unpaired) electrons. The van der Waals surface area contributed by atoms with E-state index in [0.29, 0.717) is 10.9 Å². The summed E-state index contributed by atoms with van der Waals surface area (Å²) in [6, 6.07) is 13.4. The molecule has 0 fully saturated rings. The number of benzene rings is 2. The van der Waals surface area contributed by atoms with Gasteiger partial charge in [-0.3, -0.25) is 5.10 Å². The van der Waals surface area contributed by atoms with Gasteiger partial charge in [0.25, 0.3) is 0 Å². The van der Waals surface area contributed by atoms with Gasteiger partial charge in [0.05, 0.1) is 15.3 Å². The van der Waals surface area contributed by atoms with Crippen LogP contribution in [-0.4, -0.2) is 18.6 Å². The molecule has 0 saturated heterocycles. The summed E-state index contributed by atoms with van der Waals surface area (Å²) in [5.41, 5.74) is 0.659. The molecule has 0 saturated carbocycles. The maximum atomic E-state index is 12.5. The molecule has 0 bridgehead atoms. The van der Waals surface area contributed by atoms with Crippen molar-refractivity contribution in [3.8, 4) is 0 Å². The molecule has 0 aliphatic rings. The van der Waals surface area contributed by atoms with Crippen LogP contribution in [0.15, 0.2) is 58.3 Å². The summed E-state index contributed by atoms with van der Waals surface area (Å²) in [7, 11) is -3.53. The number of H-pyrrole nitrogens is 1. The van der Waals surface area contributed by atoms with Gasteiger partial charge in [-0.05, 0) is 24.3 Å². The average molecular weight is 257 g/mol. The molecule has 0 aliphatic heterocycles. The van der Waals surface area contributed by atoms with Crippen molar-refractivity contribution in [3.05, 3.63) is 54.7 Å². The van der Waals surface area contributed by atoms with Gasteiger partial charge in [-0.2, -0.15) is 5.10 Å². The third-order valence-electron chi connectivity index (χ3n) is 2.71. The van der Waals surface area contributed by atoms with Crippen LogP contribution in [0.25, 0.3) is 10.9 Å². The summed E-state index contributed by atoms with van der Waals surface area (Å²) in [4.78, 5) is 0.493. The lowest BCUT2D eigenvalue weighted by atomic mass is 10.3. The minimum absolute atomic E-state index is 0.222. The number of hydrogen-bond donors (Lipinski definition) is 1. The van der Waals surface area contributed by atoms with Crippen LogP contribution in [0.2, 0.25) is 0 Å². The van der Waals surface area contributed by atoms with Crippen molar-refractivity contribution in [2.24, 2.45) is 0 Å². The van der Waals surface area contributed by atoms with Crippen molar-refractivity contribution in [1.29, 1.82) is 0 Å². The van der Waals surface area contributed by atoms with E-state index < -0.39 is 9.84 Å². The molecule has 0 amide bonds. The standard InChI is InChI=1S/C13H9N2O2S/c16-18(17,10-5-2-1-3-6-10)13-8-4-7-12-11(13)9-14-15-12/h1-8H,(H,14,15). The van der Waals surface area contributed by atoms with Gasteiger partial charge in [-0.25, -0.2) is 8.42 Å². The molecule has 0 spiro atoms. The summed E-state index contributed by atoms with van der Waals surface area (Å²) in [5, 5.41) is 6.96. The highest BCUT2D eigenvalue weighted by Gasteiger charge is 2.20. The zero-order chi connectivity index (χ0) is 12.6. The molecular formula is C13H9N2O2S. The van der Waals surface area contributed by atoms with Crippen LogP contribution in [0, 0.1) is 6.20 Å². The fourth-order valence-electron chi connectivity index (χ4n) is 1.83. The van der Waals surface area contributed by atoms with E-state index in [4.69, 9.17) is 0 Å². The van der Waals surface area contributed by atoms with Crippen LogP contribution in [0.3, 0.4) is 0 Å². The van der Waals surface area contributed by atoms with Crippen LogP contribution < -0.4 is 0 Å². The summed E-state index contributed by atoms with van der Waals surface area (Å²) in [5.74, 6) is 0. The lowest BCUT2D eigenvalue weighted by Gasteiger charge is -2.05. The molecule has 4 nitrogen and oxygen atoms in total. The first-order valence-electron chi connectivity index (χ1n) is 5.34. The Morgan fingerprint density at radius 2 is 1.78 bits per heavy atom. The van der Waals surface area contributed by atoms with Crippen molar-refractivity contribution in [1.82, 2.24) is 10.2 Å². The average Bonchev–Trinajstić information content (AvgIpc) is 2.87. The van der Waals surface area contributed by atoms with Crippen LogP contribution in [0.4, 0.5) is 0 Å². The number of sulfone groups is 1. The number of rotatable bonds is 2. The molecule has 2 aromatic carbocycles. The lowest BCUT2D eigenvalue weighted by molar-refractivity contribution is 0.597. The molecule has 89 valence electrons. The van der Waals surface area contributed by atoms with Crippen LogP contribution in [-0.2, 0) is 9.84 Å². The summed E-state index contributed by atoms with van der Waals surface area (Å²) >= 11 is 0. The van der Waals surface area contributed by atoms with Crippen molar-refractivity contribution in [2.75, 3.05) is 0 Å². The second kappa shape index (κ2) is 3.96. The fourth-order valence-corrected chi connectivity index (χ4v) is 3.29. The van der Waals surface area contributed by atoms with Gasteiger partial charge in [0.2, 0.25) is 9.84 Å². The molecule has 3 rings (SSSR count). The second-order valence-corrected chi connectivity index (χ2v) is 5.75. The number of fused-ring (bicyclic) bond motifs is 1. The largest absolute Gasteiger partial charge is 0.277 e. The molecule has 5 heteroatoms. The number of aromatic nitrogens is 2. The van der Waals surface area contributed by atoms with Gasteiger partial charge >= 0.3 is 0 Å². The molecule has 1 heterocycles. The Balaban J connectivity index is 2.30. The van der Waals surface area contributed by atoms with Gasteiger partial charge in [-0.15, -0.1) is 0 Å². The normalized spacial score (nSPS) is 11.8. The second-order valence-electron chi connectivity index (χ2n) is 3.83. The van der Waals surface area contributed by atoms with Gasteiger partial charge < -0.3 is 0 Å². The van der Waals surface area contributed by atoms with Crippen molar-refractivity contribution in [3.63, 3.8) is 0 Å². The quantitative estimate of drug-likeness (QED) is 0.765. The Morgan fingerprint density at radius 3 is 2.56 bits per heavy atom. The van der Waals surface area contributed by atoms with E-state index in [1.807, 2.05) is 0 Å². The summed E-state index contributed by atoms with van der Waals surface area (Å²) in [6.07, 6.45) is 2.68. The third-order valence-corrected chi connectivity index (χ3v) is 4.53. The molecule has 1 N–H and O–H groups in total.